The summed E-state index contributed by atoms with van der Waals surface area (Å²) in [5.41, 5.74) is 0.693. The maximum Gasteiger partial charge on any atom is 0.277 e. The summed E-state index contributed by atoms with van der Waals surface area (Å²) in [4.78, 5) is 14.7. The number of rotatable bonds is 6. The number of hydrogen-bond donors (Lipinski definition) is 0. The summed E-state index contributed by atoms with van der Waals surface area (Å²) in [7, 11) is 3.18. The molecule has 156 valence electrons. The Balaban J connectivity index is 1.35. The number of carbonyl (C=O) groups is 1. The first-order chi connectivity index (χ1) is 14.2. The number of fused-ring (bicyclic) bond motifs is 1. The number of ether oxygens (including phenoxy) is 2. The number of methoxy groups -OCH3 is 2. The van der Waals surface area contributed by atoms with Gasteiger partial charge in [0, 0.05) is 19.2 Å². The molecule has 4 rings (SSSR count). The van der Waals surface area contributed by atoms with Gasteiger partial charge in [-0.05, 0) is 36.8 Å². The minimum absolute atomic E-state index is 0.154. The average Bonchev–Trinajstić information content (AvgIpc) is 3.25. The first kappa shape index (κ1) is 20.1. The van der Waals surface area contributed by atoms with Gasteiger partial charge in [-0.25, -0.2) is 0 Å². The van der Waals surface area contributed by atoms with Crippen molar-refractivity contribution in [2.24, 2.45) is 11.8 Å². The molecular formula is C21H27N3O4S. The molecule has 7 nitrogen and oxygen atoms in total. The molecule has 2 heterocycles. The maximum absolute atomic E-state index is 12.7. The van der Waals surface area contributed by atoms with E-state index in [1.54, 1.807) is 20.3 Å². The van der Waals surface area contributed by atoms with Crippen molar-refractivity contribution >= 4 is 17.7 Å². The van der Waals surface area contributed by atoms with Gasteiger partial charge in [0.2, 0.25) is 5.91 Å². The van der Waals surface area contributed by atoms with Crippen LogP contribution in [0.2, 0.25) is 0 Å². The molecule has 0 spiro atoms. The number of likely N-dealkylation sites (tertiary alicyclic amines) is 1. The van der Waals surface area contributed by atoms with Gasteiger partial charge >= 0.3 is 0 Å². The van der Waals surface area contributed by atoms with Crippen LogP contribution < -0.4 is 9.47 Å². The largest absolute Gasteiger partial charge is 0.497 e. The van der Waals surface area contributed by atoms with Gasteiger partial charge in [0.15, 0.2) is 0 Å². The van der Waals surface area contributed by atoms with Crippen molar-refractivity contribution in [3.63, 3.8) is 0 Å². The molecular weight excluding hydrogens is 390 g/mol. The Bertz CT molecular complexity index is 856. The second-order valence-corrected chi connectivity index (χ2v) is 8.59. The van der Waals surface area contributed by atoms with E-state index < -0.39 is 0 Å². The number of carbonyl (C=O) groups excluding carboxylic acids is 1. The number of aromatic nitrogens is 2. The highest BCUT2D eigenvalue weighted by molar-refractivity contribution is 7.99. The molecule has 0 radical (unpaired) electrons. The normalized spacial score (nSPS) is 21.5. The van der Waals surface area contributed by atoms with E-state index >= 15 is 0 Å². The number of benzene rings is 1. The van der Waals surface area contributed by atoms with Gasteiger partial charge in [0.25, 0.3) is 11.1 Å². The third-order valence-corrected chi connectivity index (χ3v) is 6.81. The van der Waals surface area contributed by atoms with Crippen molar-refractivity contribution in [1.29, 1.82) is 0 Å². The van der Waals surface area contributed by atoms with Crippen LogP contribution in [-0.4, -0.2) is 54.1 Å². The molecule has 1 saturated heterocycles. The fraction of sp³-hybridized carbons (Fsp3) is 0.571. The summed E-state index contributed by atoms with van der Waals surface area (Å²) >= 11 is 1.29. The summed E-state index contributed by atoms with van der Waals surface area (Å²) in [6.07, 6.45) is 6.39. The van der Waals surface area contributed by atoms with Crippen molar-refractivity contribution in [2.75, 3.05) is 33.1 Å². The number of piperidine rings is 1. The number of amides is 1. The predicted molar refractivity (Wildman–Crippen MR) is 110 cm³/mol. The smallest absolute Gasteiger partial charge is 0.277 e. The van der Waals surface area contributed by atoms with Gasteiger partial charge in [-0.15, -0.1) is 10.2 Å². The summed E-state index contributed by atoms with van der Waals surface area (Å²) in [5, 5.41) is 8.58. The predicted octanol–water partition coefficient (Wildman–Crippen LogP) is 3.88. The van der Waals surface area contributed by atoms with E-state index in [4.69, 9.17) is 13.9 Å². The lowest BCUT2D eigenvalue weighted by Crippen LogP contribution is -2.45. The molecule has 2 atom stereocenters. The molecule has 0 unspecified atom stereocenters. The standard InChI is InChI=1S/C21H27N3O4S/c1-26-16-7-8-17(18(11-16)27-2)20-22-23-21(28-20)29-13-19(25)24-10-9-14-5-3-4-6-15(14)12-24/h7-8,11,14-15H,3-6,9-10,12-13H2,1-2H3/t14-,15-/m0/s1. The van der Waals surface area contributed by atoms with Gasteiger partial charge in [0.1, 0.15) is 11.5 Å². The Morgan fingerprint density at radius 1 is 1.17 bits per heavy atom. The fourth-order valence-corrected chi connectivity index (χ4v) is 5.06. The number of hydrogen-bond acceptors (Lipinski definition) is 7. The molecule has 1 aromatic heterocycles. The Hall–Kier alpha value is -2.22. The van der Waals surface area contributed by atoms with Crippen LogP contribution in [0.1, 0.15) is 32.1 Å². The summed E-state index contributed by atoms with van der Waals surface area (Å²) in [5.74, 6) is 3.62. The highest BCUT2D eigenvalue weighted by Gasteiger charge is 2.32. The van der Waals surface area contributed by atoms with Crippen molar-refractivity contribution < 1.29 is 18.7 Å². The lowest BCUT2D eigenvalue weighted by atomic mass is 9.75. The van der Waals surface area contributed by atoms with Gasteiger partial charge in [-0.1, -0.05) is 31.0 Å². The number of nitrogens with zero attached hydrogens (tertiary/aromatic N) is 3. The van der Waals surface area contributed by atoms with Crippen molar-refractivity contribution in [3.05, 3.63) is 18.2 Å². The van der Waals surface area contributed by atoms with Crippen LogP contribution >= 0.6 is 11.8 Å². The van der Waals surface area contributed by atoms with Crippen LogP contribution in [-0.2, 0) is 4.79 Å². The maximum atomic E-state index is 12.7. The molecule has 0 N–H and O–H groups in total. The quantitative estimate of drug-likeness (QED) is 0.660. The average molecular weight is 418 g/mol. The van der Waals surface area contributed by atoms with E-state index in [2.05, 4.69) is 10.2 Å². The Morgan fingerprint density at radius 2 is 2.00 bits per heavy atom. The first-order valence-electron chi connectivity index (χ1n) is 10.1. The van der Waals surface area contributed by atoms with E-state index in [9.17, 15) is 4.79 Å². The van der Waals surface area contributed by atoms with Crippen molar-refractivity contribution in [1.82, 2.24) is 15.1 Å². The second kappa shape index (κ2) is 9.07. The second-order valence-electron chi connectivity index (χ2n) is 7.66. The molecule has 8 heteroatoms. The van der Waals surface area contributed by atoms with E-state index in [-0.39, 0.29) is 5.91 Å². The third kappa shape index (κ3) is 4.52. The van der Waals surface area contributed by atoms with E-state index in [1.165, 1.54) is 37.4 Å². The highest BCUT2D eigenvalue weighted by atomic mass is 32.2. The van der Waals surface area contributed by atoms with Gasteiger partial charge < -0.3 is 18.8 Å². The highest BCUT2D eigenvalue weighted by Crippen LogP contribution is 2.37. The Kier molecular flexibility index (Phi) is 6.28. The number of thioether (sulfide) groups is 1. The molecule has 1 saturated carbocycles. The zero-order chi connectivity index (χ0) is 20.2. The zero-order valence-electron chi connectivity index (χ0n) is 16.9. The van der Waals surface area contributed by atoms with Crippen molar-refractivity contribution in [3.8, 4) is 23.0 Å². The molecule has 2 fully saturated rings. The van der Waals surface area contributed by atoms with Crippen molar-refractivity contribution in [2.45, 2.75) is 37.3 Å². The van der Waals surface area contributed by atoms with E-state index in [0.29, 0.717) is 39.8 Å². The molecule has 2 aliphatic rings. The Morgan fingerprint density at radius 3 is 2.79 bits per heavy atom. The lowest BCUT2D eigenvalue weighted by Gasteiger charge is -2.41. The van der Waals surface area contributed by atoms with Gasteiger partial charge in [0.05, 0.1) is 25.5 Å². The van der Waals surface area contributed by atoms with Crippen LogP contribution in [0.25, 0.3) is 11.5 Å². The first-order valence-corrected chi connectivity index (χ1v) is 11.1. The fourth-order valence-electron chi connectivity index (χ4n) is 4.39. The van der Waals surface area contributed by atoms with Crippen LogP contribution in [0.15, 0.2) is 27.8 Å². The zero-order valence-corrected chi connectivity index (χ0v) is 17.7. The topological polar surface area (TPSA) is 77.7 Å². The molecule has 1 aliphatic carbocycles. The SMILES string of the molecule is COc1ccc(-c2nnc(SCC(=O)N3CC[C@@H]4CCCC[C@H]4C3)o2)c(OC)c1. The van der Waals surface area contributed by atoms with Crippen LogP contribution in [0.3, 0.4) is 0 Å². The molecule has 1 aromatic carbocycles. The van der Waals surface area contributed by atoms with E-state index in [0.717, 1.165) is 25.4 Å². The van der Waals surface area contributed by atoms with E-state index in [1.807, 2.05) is 17.0 Å². The Labute approximate surface area is 175 Å². The minimum Gasteiger partial charge on any atom is -0.497 e. The minimum atomic E-state index is 0.154. The lowest BCUT2D eigenvalue weighted by molar-refractivity contribution is -0.131. The van der Waals surface area contributed by atoms with Gasteiger partial charge in [-0.2, -0.15) is 0 Å². The third-order valence-electron chi connectivity index (χ3n) is 6.01. The molecule has 1 aliphatic heterocycles. The molecule has 2 aromatic rings. The summed E-state index contributed by atoms with van der Waals surface area (Å²) < 4.78 is 16.4. The van der Waals surface area contributed by atoms with Gasteiger partial charge in [-0.3, -0.25) is 4.79 Å². The molecule has 0 bridgehead atoms. The molecule has 1 amide bonds. The summed E-state index contributed by atoms with van der Waals surface area (Å²) in [6.45, 7) is 1.78. The van der Waals surface area contributed by atoms with Crippen LogP contribution in [0.5, 0.6) is 11.5 Å². The summed E-state index contributed by atoms with van der Waals surface area (Å²) in [6, 6.07) is 5.40. The molecule has 29 heavy (non-hydrogen) atoms. The monoisotopic (exact) mass is 417 g/mol. The van der Waals surface area contributed by atoms with Crippen LogP contribution in [0, 0.1) is 11.8 Å². The van der Waals surface area contributed by atoms with Crippen LogP contribution in [0.4, 0.5) is 0 Å².